The van der Waals surface area contributed by atoms with Crippen LogP contribution < -0.4 is 5.32 Å². The molecule has 1 saturated carbocycles. The summed E-state index contributed by atoms with van der Waals surface area (Å²) in [7, 11) is 0. The summed E-state index contributed by atoms with van der Waals surface area (Å²) in [5.41, 5.74) is 1.41. The lowest BCUT2D eigenvalue weighted by atomic mass is 9.48. The first kappa shape index (κ1) is 16.0. The third-order valence-corrected chi connectivity index (χ3v) is 6.12. The van der Waals surface area contributed by atoms with Gasteiger partial charge in [-0.2, -0.15) is 0 Å². The second-order valence-corrected chi connectivity index (χ2v) is 7.92. The summed E-state index contributed by atoms with van der Waals surface area (Å²) in [5, 5.41) is 3.69. The van der Waals surface area contributed by atoms with Gasteiger partial charge in [0.2, 0.25) is 0 Å². The van der Waals surface area contributed by atoms with E-state index in [1.165, 1.54) is 32.2 Å². The molecule has 0 aromatic carbocycles. The maximum absolute atomic E-state index is 3.69. The first-order chi connectivity index (χ1) is 8.21. The molecule has 0 aromatic heterocycles. The molecule has 108 valence electrons. The van der Waals surface area contributed by atoms with Gasteiger partial charge in [-0.15, -0.1) is 0 Å². The van der Waals surface area contributed by atoms with E-state index in [-0.39, 0.29) is 0 Å². The largest absolute Gasteiger partial charge is 0.316 e. The van der Waals surface area contributed by atoms with Crippen molar-refractivity contribution in [3.63, 3.8) is 0 Å². The van der Waals surface area contributed by atoms with E-state index < -0.39 is 0 Å². The van der Waals surface area contributed by atoms with Crippen molar-refractivity contribution in [3.05, 3.63) is 0 Å². The van der Waals surface area contributed by atoms with Crippen molar-refractivity contribution in [1.82, 2.24) is 5.32 Å². The van der Waals surface area contributed by atoms with Gasteiger partial charge in [0.05, 0.1) is 0 Å². The Balaban J connectivity index is 2.88. The van der Waals surface area contributed by atoms with Crippen LogP contribution in [0.1, 0.15) is 74.1 Å². The molecule has 0 aliphatic heterocycles. The Labute approximate surface area is 115 Å². The molecular weight excluding hydrogens is 218 g/mol. The molecule has 3 unspecified atom stereocenters. The van der Waals surface area contributed by atoms with Crippen LogP contribution in [0.5, 0.6) is 0 Å². The molecular formula is C17H35N. The van der Waals surface area contributed by atoms with E-state index >= 15 is 0 Å². The summed E-state index contributed by atoms with van der Waals surface area (Å²) in [6, 6.07) is 0. The van der Waals surface area contributed by atoms with Gasteiger partial charge in [-0.05, 0) is 48.0 Å². The molecule has 0 bridgehead atoms. The van der Waals surface area contributed by atoms with Crippen molar-refractivity contribution in [2.75, 3.05) is 13.1 Å². The van der Waals surface area contributed by atoms with Crippen molar-refractivity contribution in [2.45, 2.75) is 74.1 Å². The minimum Gasteiger partial charge on any atom is -0.316 e. The number of hydrogen-bond acceptors (Lipinski definition) is 1. The molecule has 3 atom stereocenters. The zero-order chi connectivity index (χ0) is 14.0. The SMILES string of the molecule is CCCNCC1(C)CC(C)(C)C(C)CC1(C)CC. The number of rotatable bonds is 5. The molecule has 0 amide bonds. The van der Waals surface area contributed by atoms with Crippen LogP contribution in [-0.4, -0.2) is 13.1 Å². The molecule has 0 heterocycles. The smallest absolute Gasteiger partial charge is 0.00106 e. The van der Waals surface area contributed by atoms with E-state index in [4.69, 9.17) is 0 Å². The maximum Gasteiger partial charge on any atom is 0.00106 e. The van der Waals surface area contributed by atoms with Crippen LogP contribution in [0.15, 0.2) is 0 Å². The van der Waals surface area contributed by atoms with Gasteiger partial charge < -0.3 is 5.32 Å². The molecule has 1 aliphatic carbocycles. The Kier molecular flexibility index (Phi) is 4.92. The van der Waals surface area contributed by atoms with Gasteiger partial charge in [0, 0.05) is 6.54 Å². The van der Waals surface area contributed by atoms with E-state index in [2.05, 4.69) is 53.8 Å². The Hall–Kier alpha value is -0.0400. The molecule has 1 nitrogen and oxygen atoms in total. The second-order valence-electron chi connectivity index (χ2n) is 7.92. The molecule has 1 aliphatic rings. The quantitative estimate of drug-likeness (QED) is 0.690. The van der Waals surface area contributed by atoms with Gasteiger partial charge in [0.1, 0.15) is 0 Å². The highest BCUT2D eigenvalue weighted by Gasteiger charge is 2.52. The Bertz CT molecular complexity index is 271. The molecule has 1 heteroatoms. The molecule has 0 radical (unpaired) electrons. The normalized spacial score (nSPS) is 39.8. The lowest BCUT2D eigenvalue weighted by Crippen LogP contribution is -2.53. The predicted molar refractivity (Wildman–Crippen MR) is 81.8 cm³/mol. The van der Waals surface area contributed by atoms with Crippen molar-refractivity contribution in [2.24, 2.45) is 22.2 Å². The third-order valence-electron chi connectivity index (χ3n) is 6.12. The molecule has 0 saturated heterocycles. The Morgan fingerprint density at radius 3 is 2.17 bits per heavy atom. The lowest BCUT2D eigenvalue weighted by molar-refractivity contribution is -0.0746. The minimum absolute atomic E-state index is 0.437. The number of nitrogens with one attached hydrogen (secondary N) is 1. The average Bonchev–Trinajstić information content (AvgIpc) is 2.26. The summed E-state index contributed by atoms with van der Waals surface area (Å²) in [4.78, 5) is 0. The molecule has 1 N–H and O–H groups in total. The maximum atomic E-state index is 3.69. The van der Waals surface area contributed by atoms with Crippen LogP contribution in [0.4, 0.5) is 0 Å². The summed E-state index contributed by atoms with van der Waals surface area (Å²) < 4.78 is 0. The van der Waals surface area contributed by atoms with E-state index in [9.17, 15) is 0 Å². The minimum atomic E-state index is 0.437. The van der Waals surface area contributed by atoms with Crippen LogP contribution in [0, 0.1) is 22.2 Å². The van der Waals surface area contributed by atoms with Crippen LogP contribution in [0.2, 0.25) is 0 Å². The lowest BCUT2D eigenvalue weighted by Gasteiger charge is -2.58. The van der Waals surface area contributed by atoms with Crippen LogP contribution in [0.25, 0.3) is 0 Å². The highest BCUT2D eigenvalue weighted by molar-refractivity contribution is 5.03. The fraction of sp³-hybridized carbons (Fsp3) is 1.00. The number of hydrogen-bond donors (Lipinski definition) is 1. The van der Waals surface area contributed by atoms with Crippen LogP contribution in [-0.2, 0) is 0 Å². The van der Waals surface area contributed by atoms with E-state index in [0.29, 0.717) is 16.2 Å². The third kappa shape index (κ3) is 2.92. The average molecular weight is 253 g/mol. The Morgan fingerprint density at radius 2 is 1.67 bits per heavy atom. The zero-order valence-corrected chi connectivity index (χ0v) is 13.8. The van der Waals surface area contributed by atoms with Gasteiger partial charge in [-0.1, -0.05) is 54.9 Å². The fourth-order valence-electron chi connectivity index (χ4n) is 3.98. The van der Waals surface area contributed by atoms with Crippen molar-refractivity contribution in [3.8, 4) is 0 Å². The van der Waals surface area contributed by atoms with Crippen LogP contribution >= 0.6 is 0 Å². The highest BCUT2D eigenvalue weighted by Crippen LogP contribution is 2.59. The zero-order valence-electron chi connectivity index (χ0n) is 13.8. The van der Waals surface area contributed by atoms with Crippen molar-refractivity contribution in [1.29, 1.82) is 0 Å². The summed E-state index contributed by atoms with van der Waals surface area (Å²) in [5.74, 6) is 0.835. The summed E-state index contributed by atoms with van der Waals surface area (Å²) in [6.45, 7) is 19.4. The Morgan fingerprint density at radius 1 is 1.06 bits per heavy atom. The van der Waals surface area contributed by atoms with Gasteiger partial charge in [-0.3, -0.25) is 0 Å². The van der Waals surface area contributed by atoms with E-state index in [1.807, 2.05) is 0 Å². The summed E-state index contributed by atoms with van der Waals surface area (Å²) in [6.07, 6.45) is 5.26. The first-order valence-electron chi connectivity index (χ1n) is 7.91. The monoisotopic (exact) mass is 253 g/mol. The van der Waals surface area contributed by atoms with Gasteiger partial charge >= 0.3 is 0 Å². The molecule has 0 aromatic rings. The van der Waals surface area contributed by atoms with E-state index in [0.717, 1.165) is 12.5 Å². The predicted octanol–water partition coefficient (Wildman–Crippen LogP) is 4.86. The fourth-order valence-corrected chi connectivity index (χ4v) is 3.98. The van der Waals surface area contributed by atoms with Crippen molar-refractivity contribution >= 4 is 0 Å². The molecule has 1 rings (SSSR count). The topological polar surface area (TPSA) is 12.0 Å². The molecule has 18 heavy (non-hydrogen) atoms. The first-order valence-corrected chi connectivity index (χ1v) is 7.91. The molecule has 1 fully saturated rings. The van der Waals surface area contributed by atoms with Crippen molar-refractivity contribution < 1.29 is 0 Å². The van der Waals surface area contributed by atoms with Gasteiger partial charge in [-0.25, -0.2) is 0 Å². The second kappa shape index (κ2) is 5.53. The molecule has 0 spiro atoms. The van der Waals surface area contributed by atoms with Gasteiger partial charge in [0.25, 0.3) is 0 Å². The standard InChI is InChI=1S/C17H35N/c1-8-10-18-13-17(7)12-15(4,5)14(3)11-16(17,6)9-2/h14,18H,8-13H2,1-7H3. The highest BCUT2D eigenvalue weighted by atomic mass is 14.9. The summed E-state index contributed by atoms with van der Waals surface area (Å²) >= 11 is 0. The van der Waals surface area contributed by atoms with Crippen LogP contribution in [0.3, 0.4) is 0 Å². The van der Waals surface area contributed by atoms with E-state index in [1.54, 1.807) is 0 Å². The van der Waals surface area contributed by atoms with Gasteiger partial charge in [0.15, 0.2) is 0 Å².